The highest BCUT2D eigenvalue weighted by molar-refractivity contribution is 5.57. The van der Waals surface area contributed by atoms with Crippen LogP contribution in [0.4, 0.5) is 0 Å². The third kappa shape index (κ3) is 1.68. The van der Waals surface area contributed by atoms with E-state index < -0.39 is 0 Å². The maximum atomic E-state index is 8.85. The number of nitrogens with zero attached hydrogens (tertiary/aromatic N) is 1. The fourth-order valence-corrected chi connectivity index (χ4v) is 1.24. The van der Waals surface area contributed by atoms with Crippen molar-refractivity contribution in [2.24, 2.45) is 0 Å². The monoisotopic (exact) mass is 180 g/mol. The van der Waals surface area contributed by atoms with E-state index in [1.54, 1.807) is 12.1 Å². The molecule has 14 heavy (non-hydrogen) atoms. The molecule has 1 aromatic rings. The second-order valence-corrected chi connectivity index (χ2v) is 2.87. The van der Waals surface area contributed by atoms with Gasteiger partial charge in [0.15, 0.2) is 0 Å². The number of hydrogen-bond acceptors (Lipinski definition) is 1. The summed E-state index contributed by atoms with van der Waals surface area (Å²) in [6, 6.07) is 7.51. The van der Waals surface area contributed by atoms with Gasteiger partial charge in [0.05, 0.1) is 5.56 Å². The second kappa shape index (κ2) is 4.30. The third-order valence-corrected chi connectivity index (χ3v) is 2.06. The van der Waals surface area contributed by atoms with Gasteiger partial charge in [-0.1, -0.05) is 31.1 Å². The first-order valence-electron chi connectivity index (χ1n) is 4.20. The van der Waals surface area contributed by atoms with Gasteiger partial charge in [-0.25, -0.2) is 0 Å². The summed E-state index contributed by atoms with van der Waals surface area (Å²) in [5.41, 5.74) is 2.08. The quantitative estimate of drug-likeness (QED) is 0.642. The van der Waals surface area contributed by atoms with Crippen LogP contribution in [0.5, 0.6) is 0 Å². The fraction of sp³-hybridized carbons (Fsp3) is 0.0769. The largest absolute Gasteiger partial charge is 0.192 e. The lowest BCUT2D eigenvalue weighted by Crippen LogP contribution is -1.97. The average molecular weight is 180 g/mol. The molecule has 0 bridgehead atoms. The Balaban J connectivity index is 3.40. The Bertz CT molecular complexity index is 430. The van der Waals surface area contributed by atoms with Gasteiger partial charge in [0.25, 0.3) is 0 Å². The number of nitriles is 1. The van der Waals surface area contributed by atoms with Crippen molar-refractivity contribution in [1.82, 2.24) is 0 Å². The van der Waals surface area contributed by atoms with E-state index in [1.807, 2.05) is 19.1 Å². The van der Waals surface area contributed by atoms with Crippen LogP contribution in [0.1, 0.15) is 23.6 Å². The number of rotatable bonds is 2. The Morgan fingerprint density at radius 3 is 2.79 bits per heavy atom. The van der Waals surface area contributed by atoms with Crippen molar-refractivity contribution in [3.05, 3.63) is 53.5 Å². The van der Waals surface area contributed by atoms with Gasteiger partial charge in [0, 0.05) is 11.5 Å². The molecular weight excluding hydrogens is 170 g/mol. The highest BCUT2D eigenvalue weighted by Crippen LogP contribution is 2.21. The standard InChI is InChI=1S/C13H10N/c1-4-10(3)13-8-6-7-11(9-14)12(13)5-2/h2,4,6-8H,1H2,3H3. The molecule has 0 aliphatic rings. The summed E-state index contributed by atoms with van der Waals surface area (Å²) in [4.78, 5) is 0. The molecule has 0 saturated heterocycles. The molecule has 0 heterocycles. The summed E-state index contributed by atoms with van der Waals surface area (Å²) >= 11 is 0. The van der Waals surface area contributed by atoms with Gasteiger partial charge in [-0.15, -0.1) is 13.0 Å². The number of terminal acetylenes is 1. The van der Waals surface area contributed by atoms with Crippen molar-refractivity contribution < 1.29 is 0 Å². The summed E-state index contributed by atoms with van der Waals surface area (Å²) < 4.78 is 0. The number of benzene rings is 1. The average Bonchev–Trinajstić information content (AvgIpc) is 2.26. The van der Waals surface area contributed by atoms with Crippen molar-refractivity contribution >= 4 is 0 Å². The molecule has 0 unspecified atom stereocenters. The summed E-state index contributed by atoms with van der Waals surface area (Å²) in [5, 5.41) is 8.85. The Kier molecular flexibility index (Phi) is 3.10. The van der Waals surface area contributed by atoms with E-state index >= 15 is 0 Å². The maximum absolute atomic E-state index is 8.85. The highest BCUT2D eigenvalue weighted by atomic mass is 14.2. The lowest BCUT2D eigenvalue weighted by Gasteiger charge is -2.09. The van der Waals surface area contributed by atoms with Gasteiger partial charge in [-0.05, 0) is 11.6 Å². The van der Waals surface area contributed by atoms with Crippen LogP contribution < -0.4 is 0 Å². The normalized spacial score (nSPS) is 9.14. The van der Waals surface area contributed by atoms with Gasteiger partial charge in [-0.2, -0.15) is 5.26 Å². The molecule has 0 N–H and O–H groups in total. The number of hydrogen-bond donors (Lipinski definition) is 0. The molecule has 1 heteroatoms. The van der Waals surface area contributed by atoms with Crippen LogP contribution in [-0.4, -0.2) is 0 Å². The van der Waals surface area contributed by atoms with E-state index in [0.717, 1.165) is 11.5 Å². The van der Waals surface area contributed by atoms with Crippen molar-refractivity contribution in [1.29, 1.82) is 5.26 Å². The highest BCUT2D eigenvalue weighted by Gasteiger charge is 2.09. The maximum Gasteiger partial charge on any atom is 0.100 e. The van der Waals surface area contributed by atoms with Gasteiger partial charge >= 0.3 is 0 Å². The van der Waals surface area contributed by atoms with Crippen LogP contribution in [0, 0.1) is 29.6 Å². The molecule has 0 aliphatic heterocycles. The first-order chi connectivity index (χ1) is 6.74. The minimum Gasteiger partial charge on any atom is -0.192 e. The Labute approximate surface area is 84.7 Å². The predicted molar refractivity (Wildman–Crippen MR) is 57.3 cm³/mol. The van der Waals surface area contributed by atoms with Crippen LogP contribution in [0.2, 0.25) is 0 Å². The second-order valence-electron chi connectivity index (χ2n) is 2.87. The van der Waals surface area contributed by atoms with Gasteiger partial charge in [0.1, 0.15) is 6.07 Å². The smallest absolute Gasteiger partial charge is 0.100 e. The van der Waals surface area contributed by atoms with Crippen LogP contribution >= 0.6 is 0 Å². The molecule has 1 nitrogen and oxygen atoms in total. The van der Waals surface area contributed by atoms with Crippen molar-refractivity contribution in [3.63, 3.8) is 0 Å². The first kappa shape index (κ1) is 10.1. The summed E-state index contributed by atoms with van der Waals surface area (Å²) in [6.07, 6.45) is 7.10. The lowest BCUT2D eigenvalue weighted by atomic mass is 9.93. The van der Waals surface area contributed by atoms with Crippen molar-refractivity contribution in [2.75, 3.05) is 0 Å². The molecule has 0 saturated carbocycles. The minimum atomic E-state index is 0.534. The zero-order valence-electron chi connectivity index (χ0n) is 8.04. The van der Waals surface area contributed by atoms with Crippen LogP contribution in [-0.2, 0) is 0 Å². The molecule has 0 atom stereocenters. The van der Waals surface area contributed by atoms with E-state index in [2.05, 4.69) is 18.6 Å². The van der Waals surface area contributed by atoms with E-state index in [4.69, 9.17) is 11.7 Å². The van der Waals surface area contributed by atoms with E-state index in [9.17, 15) is 0 Å². The summed E-state index contributed by atoms with van der Waals surface area (Å²) in [7, 11) is 0. The first-order valence-corrected chi connectivity index (χ1v) is 4.20. The van der Waals surface area contributed by atoms with Gasteiger partial charge in [0.2, 0.25) is 0 Å². The van der Waals surface area contributed by atoms with Crippen LogP contribution in [0.15, 0.2) is 30.9 Å². The third-order valence-electron chi connectivity index (χ3n) is 2.06. The molecule has 0 aromatic heterocycles. The zero-order chi connectivity index (χ0) is 10.6. The van der Waals surface area contributed by atoms with Crippen molar-refractivity contribution in [2.45, 2.75) is 6.92 Å². The molecule has 1 rings (SSSR count). The summed E-state index contributed by atoms with van der Waals surface area (Å²) in [6.45, 7) is 5.60. The molecular formula is C13H10N. The molecule has 1 radical (unpaired) electrons. The number of allylic oxidation sites excluding steroid dienone is 1. The predicted octanol–water partition coefficient (Wildman–Crippen LogP) is 2.67. The molecule has 0 amide bonds. The SMILES string of the molecule is C#Cc1c(C#N)cccc1[C](C)C=C. The van der Waals surface area contributed by atoms with Crippen LogP contribution in [0.25, 0.3) is 0 Å². The lowest BCUT2D eigenvalue weighted by molar-refractivity contribution is 1.24. The molecule has 1 aromatic carbocycles. The molecule has 0 fully saturated rings. The molecule has 67 valence electrons. The Morgan fingerprint density at radius 1 is 1.57 bits per heavy atom. The van der Waals surface area contributed by atoms with E-state index in [1.165, 1.54) is 0 Å². The van der Waals surface area contributed by atoms with E-state index in [0.29, 0.717) is 11.1 Å². The summed E-state index contributed by atoms with van der Waals surface area (Å²) in [5.74, 6) is 3.52. The molecule has 0 spiro atoms. The van der Waals surface area contributed by atoms with Gasteiger partial charge < -0.3 is 0 Å². The Morgan fingerprint density at radius 2 is 2.29 bits per heavy atom. The zero-order valence-corrected chi connectivity index (χ0v) is 8.04. The Hall–Kier alpha value is -1.99. The minimum absolute atomic E-state index is 0.534. The van der Waals surface area contributed by atoms with Gasteiger partial charge in [-0.3, -0.25) is 0 Å². The molecule has 0 aliphatic carbocycles. The van der Waals surface area contributed by atoms with E-state index in [-0.39, 0.29) is 0 Å². The fourth-order valence-electron chi connectivity index (χ4n) is 1.24. The van der Waals surface area contributed by atoms with Crippen LogP contribution in [0.3, 0.4) is 0 Å². The van der Waals surface area contributed by atoms with Crippen molar-refractivity contribution in [3.8, 4) is 18.4 Å². The topological polar surface area (TPSA) is 23.8 Å².